The predicted octanol–water partition coefficient (Wildman–Crippen LogP) is 3.56. The quantitative estimate of drug-likeness (QED) is 0.315. The Labute approximate surface area is 191 Å². The van der Waals surface area contributed by atoms with E-state index in [1.165, 1.54) is 0 Å². The molecule has 0 unspecified atom stereocenters. The zero-order valence-corrected chi connectivity index (χ0v) is 18.6. The van der Waals surface area contributed by atoms with Crippen LogP contribution in [0.2, 0.25) is 0 Å². The van der Waals surface area contributed by atoms with Crippen LogP contribution in [0, 0.1) is 6.92 Å². The molecule has 168 valence electrons. The number of carbonyl (C=O) groups excluding carboxylic acids is 1. The normalized spacial score (nSPS) is 11.2. The number of nitrogens with one attached hydrogen (secondary N) is 3. The number of carbonyl (C=O) groups is 1. The van der Waals surface area contributed by atoms with E-state index in [4.69, 9.17) is 5.73 Å². The summed E-state index contributed by atoms with van der Waals surface area (Å²) in [4.78, 5) is 16.3. The smallest absolute Gasteiger partial charge is 0.254 e. The molecule has 1 amide bonds. The van der Waals surface area contributed by atoms with Crippen LogP contribution < -0.4 is 15.8 Å². The Morgan fingerprint density at radius 2 is 1.76 bits per heavy atom. The first-order valence-electron chi connectivity index (χ1n) is 10.0. The SMILES string of the molecule is Cc1ccc(CS(=O)(=O)Nc2ccc(-c3n[nH]c(Nc4ccccn4)c3C(N)=O)cc2)cc1. The third-order valence-electron chi connectivity index (χ3n) is 4.84. The van der Waals surface area contributed by atoms with Gasteiger partial charge in [0.05, 0.1) is 5.75 Å². The Balaban J connectivity index is 1.53. The average molecular weight is 463 g/mol. The number of hydrogen-bond donors (Lipinski definition) is 4. The van der Waals surface area contributed by atoms with E-state index in [-0.39, 0.29) is 11.3 Å². The maximum Gasteiger partial charge on any atom is 0.254 e. The zero-order valence-electron chi connectivity index (χ0n) is 17.7. The molecule has 0 aliphatic heterocycles. The number of nitrogens with two attached hydrogens (primary N) is 1. The molecule has 4 rings (SSSR count). The van der Waals surface area contributed by atoms with Crippen molar-refractivity contribution < 1.29 is 13.2 Å². The molecule has 33 heavy (non-hydrogen) atoms. The number of rotatable bonds is 8. The van der Waals surface area contributed by atoms with Crippen molar-refractivity contribution in [2.24, 2.45) is 5.73 Å². The second-order valence-electron chi connectivity index (χ2n) is 7.45. The van der Waals surface area contributed by atoms with Crippen LogP contribution in [0.25, 0.3) is 11.3 Å². The van der Waals surface area contributed by atoms with Gasteiger partial charge < -0.3 is 11.1 Å². The van der Waals surface area contributed by atoms with Gasteiger partial charge in [0.1, 0.15) is 22.9 Å². The topological polar surface area (TPSA) is 143 Å². The first kappa shape index (κ1) is 22.0. The van der Waals surface area contributed by atoms with Gasteiger partial charge in [0.15, 0.2) is 0 Å². The van der Waals surface area contributed by atoms with Gasteiger partial charge in [-0.05, 0) is 36.8 Å². The van der Waals surface area contributed by atoms with Crippen molar-refractivity contribution in [3.63, 3.8) is 0 Å². The van der Waals surface area contributed by atoms with Crippen LogP contribution in [0.4, 0.5) is 17.3 Å². The molecule has 0 fully saturated rings. The van der Waals surface area contributed by atoms with E-state index in [2.05, 4.69) is 25.2 Å². The standard InChI is InChI=1S/C23H22N6O3S/c1-15-5-7-16(8-6-15)14-33(31,32)29-18-11-9-17(10-12-18)21-20(22(24)30)23(28-27-21)26-19-4-2-3-13-25-19/h2-13,29H,14H2,1H3,(H2,24,30)(H2,25,26,27,28). The average Bonchev–Trinajstić information content (AvgIpc) is 3.20. The molecule has 10 heteroatoms. The molecular weight excluding hydrogens is 440 g/mol. The number of hydrogen-bond acceptors (Lipinski definition) is 6. The van der Waals surface area contributed by atoms with E-state index in [1.807, 2.05) is 19.1 Å². The third-order valence-corrected chi connectivity index (χ3v) is 6.10. The molecule has 0 spiro atoms. The Kier molecular flexibility index (Phi) is 6.09. The molecular formula is C23H22N6O3S. The molecule has 0 radical (unpaired) electrons. The molecule has 4 aromatic rings. The lowest BCUT2D eigenvalue weighted by molar-refractivity contribution is 0.100. The minimum Gasteiger partial charge on any atom is -0.365 e. The van der Waals surface area contributed by atoms with Crippen molar-refractivity contribution in [3.8, 4) is 11.3 Å². The summed E-state index contributed by atoms with van der Waals surface area (Å²) in [5.41, 5.74) is 8.86. The van der Waals surface area contributed by atoms with Crippen LogP contribution in [-0.4, -0.2) is 29.5 Å². The van der Waals surface area contributed by atoms with Gasteiger partial charge in [0, 0.05) is 17.4 Å². The van der Waals surface area contributed by atoms with Crippen molar-refractivity contribution in [3.05, 3.63) is 89.6 Å². The number of pyridine rings is 1. The summed E-state index contributed by atoms with van der Waals surface area (Å²) in [6.45, 7) is 1.94. The summed E-state index contributed by atoms with van der Waals surface area (Å²) in [6, 6.07) is 19.2. The summed E-state index contributed by atoms with van der Waals surface area (Å²) in [6.07, 6.45) is 1.61. The zero-order chi connectivity index (χ0) is 23.4. The van der Waals surface area contributed by atoms with Gasteiger partial charge in [-0.1, -0.05) is 48.0 Å². The number of aryl methyl sites for hydroxylation is 1. The molecule has 2 aromatic carbocycles. The van der Waals surface area contributed by atoms with E-state index in [0.717, 1.165) is 5.56 Å². The van der Waals surface area contributed by atoms with Crippen molar-refractivity contribution in [2.45, 2.75) is 12.7 Å². The van der Waals surface area contributed by atoms with E-state index in [1.54, 1.807) is 60.8 Å². The van der Waals surface area contributed by atoms with Gasteiger partial charge in [-0.2, -0.15) is 5.10 Å². The second kappa shape index (κ2) is 9.13. The number of H-pyrrole nitrogens is 1. The molecule has 2 aromatic heterocycles. The number of aromatic amines is 1. The summed E-state index contributed by atoms with van der Waals surface area (Å²) in [5.74, 6) is 0.0376. The van der Waals surface area contributed by atoms with Gasteiger partial charge in [-0.3, -0.25) is 14.6 Å². The summed E-state index contributed by atoms with van der Waals surface area (Å²) in [7, 11) is -3.59. The first-order chi connectivity index (χ1) is 15.8. The minimum atomic E-state index is -3.59. The molecule has 2 heterocycles. The number of nitrogens with zero attached hydrogens (tertiary/aromatic N) is 2. The highest BCUT2D eigenvalue weighted by molar-refractivity contribution is 7.91. The van der Waals surface area contributed by atoms with Gasteiger partial charge in [0.25, 0.3) is 5.91 Å². The Hall–Kier alpha value is -4.18. The van der Waals surface area contributed by atoms with Crippen LogP contribution >= 0.6 is 0 Å². The van der Waals surface area contributed by atoms with Gasteiger partial charge >= 0.3 is 0 Å². The highest BCUT2D eigenvalue weighted by Crippen LogP contribution is 2.29. The molecule has 0 bridgehead atoms. The van der Waals surface area contributed by atoms with Gasteiger partial charge in [0.2, 0.25) is 10.0 Å². The Morgan fingerprint density at radius 1 is 1.03 bits per heavy atom. The minimum absolute atomic E-state index is 0.136. The number of benzene rings is 2. The van der Waals surface area contributed by atoms with Crippen molar-refractivity contribution >= 4 is 33.3 Å². The van der Waals surface area contributed by atoms with Crippen molar-refractivity contribution in [2.75, 3.05) is 10.0 Å². The van der Waals surface area contributed by atoms with Crippen molar-refractivity contribution in [1.29, 1.82) is 0 Å². The van der Waals surface area contributed by atoms with Crippen LogP contribution in [0.1, 0.15) is 21.5 Å². The van der Waals surface area contributed by atoms with Gasteiger partial charge in [-0.25, -0.2) is 13.4 Å². The highest BCUT2D eigenvalue weighted by atomic mass is 32.2. The van der Waals surface area contributed by atoms with Crippen LogP contribution in [0.3, 0.4) is 0 Å². The lowest BCUT2D eigenvalue weighted by atomic mass is 10.1. The highest BCUT2D eigenvalue weighted by Gasteiger charge is 2.20. The lowest BCUT2D eigenvalue weighted by Gasteiger charge is -2.09. The first-order valence-corrected chi connectivity index (χ1v) is 11.7. The number of amides is 1. The monoisotopic (exact) mass is 462 g/mol. The summed E-state index contributed by atoms with van der Waals surface area (Å²) in [5, 5.41) is 9.98. The lowest BCUT2D eigenvalue weighted by Crippen LogP contribution is -2.15. The molecule has 0 aliphatic carbocycles. The molecule has 0 saturated heterocycles. The molecule has 0 atom stereocenters. The maximum absolute atomic E-state index is 12.5. The molecule has 9 nitrogen and oxygen atoms in total. The predicted molar refractivity (Wildman–Crippen MR) is 127 cm³/mol. The fourth-order valence-corrected chi connectivity index (χ4v) is 4.46. The Morgan fingerprint density at radius 3 is 2.39 bits per heavy atom. The molecule has 0 saturated carbocycles. The molecule has 0 aliphatic rings. The van der Waals surface area contributed by atoms with Crippen molar-refractivity contribution in [1.82, 2.24) is 15.2 Å². The van der Waals surface area contributed by atoms with Crippen LogP contribution in [0.15, 0.2) is 72.9 Å². The number of aromatic nitrogens is 3. The number of anilines is 3. The second-order valence-corrected chi connectivity index (χ2v) is 9.17. The van der Waals surface area contributed by atoms with E-state index >= 15 is 0 Å². The summed E-state index contributed by atoms with van der Waals surface area (Å²) >= 11 is 0. The largest absolute Gasteiger partial charge is 0.365 e. The third kappa shape index (κ3) is 5.36. The van der Waals surface area contributed by atoms with E-state index in [9.17, 15) is 13.2 Å². The number of primary amides is 1. The number of sulfonamides is 1. The van der Waals surface area contributed by atoms with Crippen LogP contribution in [0.5, 0.6) is 0 Å². The summed E-state index contributed by atoms with van der Waals surface area (Å²) < 4.78 is 27.6. The van der Waals surface area contributed by atoms with E-state index < -0.39 is 15.9 Å². The Bertz CT molecular complexity index is 1370. The fraction of sp³-hybridized carbons (Fsp3) is 0.0870. The maximum atomic E-state index is 12.5. The molecule has 5 N–H and O–H groups in total. The van der Waals surface area contributed by atoms with E-state index in [0.29, 0.717) is 34.1 Å². The fourth-order valence-electron chi connectivity index (χ4n) is 3.26. The van der Waals surface area contributed by atoms with Gasteiger partial charge in [-0.15, -0.1) is 0 Å². The van der Waals surface area contributed by atoms with Crippen LogP contribution in [-0.2, 0) is 15.8 Å².